The zero-order chi connectivity index (χ0) is 8.32. The summed E-state index contributed by atoms with van der Waals surface area (Å²) in [5.41, 5.74) is 0. The molecule has 1 atom stereocenters. The summed E-state index contributed by atoms with van der Waals surface area (Å²) in [6.45, 7) is 8.08. The highest BCUT2D eigenvalue weighted by atomic mass is 32.2. The predicted octanol–water partition coefficient (Wildman–Crippen LogP) is 2.27. The quantitative estimate of drug-likeness (QED) is 0.687. The molecule has 0 saturated carbocycles. The Hall–Kier alpha value is 0.310. The van der Waals surface area contributed by atoms with Crippen molar-refractivity contribution in [3.8, 4) is 0 Å². The average Bonchev–Trinajstić information content (AvgIpc) is 2.32. The number of nitrogens with one attached hydrogen (secondary N) is 1. The van der Waals surface area contributed by atoms with E-state index < -0.39 is 0 Å². The molecule has 0 aliphatic carbocycles. The van der Waals surface area contributed by atoms with E-state index in [1.54, 1.807) is 0 Å². The Labute approximate surface area is 74.3 Å². The lowest BCUT2D eigenvalue weighted by atomic mass is 10.2. The molecule has 0 unspecified atom stereocenters. The van der Waals surface area contributed by atoms with Crippen molar-refractivity contribution in [3.05, 3.63) is 0 Å². The maximum Gasteiger partial charge on any atom is 0.0158 e. The molecule has 1 nitrogen and oxygen atoms in total. The molecule has 1 saturated heterocycles. The number of thioether (sulfide) groups is 1. The zero-order valence-electron chi connectivity index (χ0n) is 7.81. The van der Waals surface area contributed by atoms with Gasteiger partial charge in [-0.15, -0.1) is 0 Å². The van der Waals surface area contributed by atoms with Crippen LogP contribution < -0.4 is 5.32 Å². The van der Waals surface area contributed by atoms with Gasteiger partial charge in [-0.25, -0.2) is 0 Å². The van der Waals surface area contributed by atoms with Gasteiger partial charge in [-0.1, -0.05) is 20.8 Å². The molecule has 2 heteroatoms. The fraction of sp³-hybridized carbons (Fsp3) is 1.00. The molecule has 1 heterocycles. The van der Waals surface area contributed by atoms with Crippen molar-refractivity contribution in [3.63, 3.8) is 0 Å². The highest BCUT2D eigenvalue weighted by Gasteiger charge is 2.17. The Bertz CT molecular complexity index is 111. The topological polar surface area (TPSA) is 12.0 Å². The minimum Gasteiger partial charge on any atom is -0.313 e. The van der Waals surface area contributed by atoms with Crippen molar-refractivity contribution in [2.75, 3.05) is 12.3 Å². The maximum absolute atomic E-state index is 3.51. The highest BCUT2D eigenvalue weighted by Crippen LogP contribution is 2.25. The summed E-state index contributed by atoms with van der Waals surface area (Å²) in [7, 11) is 0. The largest absolute Gasteiger partial charge is 0.313 e. The van der Waals surface area contributed by atoms with Gasteiger partial charge >= 0.3 is 0 Å². The smallest absolute Gasteiger partial charge is 0.0158 e. The Morgan fingerprint density at radius 1 is 1.45 bits per heavy atom. The SMILES string of the molecule is CC(C)(C)SC[C@@H]1CCCN1. The third-order valence-electron chi connectivity index (χ3n) is 1.88. The van der Waals surface area contributed by atoms with Gasteiger partial charge in [0.15, 0.2) is 0 Å². The van der Waals surface area contributed by atoms with Crippen LogP contribution in [0.1, 0.15) is 33.6 Å². The summed E-state index contributed by atoms with van der Waals surface area (Å²) in [5, 5.41) is 3.51. The number of hydrogen-bond donors (Lipinski definition) is 1. The van der Waals surface area contributed by atoms with Crippen LogP contribution in [0.25, 0.3) is 0 Å². The van der Waals surface area contributed by atoms with Gasteiger partial charge < -0.3 is 5.32 Å². The van der Waals surface area contributed by atoms with Crippen LogP contribution in [0.5, 0.6) is 0 Å². The van der Waals surface area contributed by atoms with Gasteiger partial charge in [0.1, 0.15) is 0 Å². The monoisotopic (exact) mass is 173 g/mol. The van der Waals surface area contributed by atoms with Crippen molar-refractivity contribution in [2.24, 2.45) is 0 Å². The van der Waals surface area contributed by atoms with E-state index in [4.69, 9.17) is 0 Å². The summed E-state index contributed by atoms with van der Waals surface area (Å²) in [6, 6.07) is 0.791. The van der Waals surface area contributed by atoms with Gasteiger partial charge in [-0.05, 0) is 19.4 Å². The van der Waals surface area contributed by atoms with Crippen molar-refractivity contribution in [1.29, 1.82) is 0 Å². The van der Waals surface area contributed by atoms with Gasteiger partial charge in [0.25, 0.3) is 0 Å². The lowest BCUT2D eigenvalue weighted by Gasteiger charge is -2.20. The van der Waals surface area contributed by atoms with Crippen LogP contribution >= 0.6 is 11.8 Å². The van der Waals surface area contributed by atoms with E-state index in [0.717, 1.165) is 6.04 Å². The molecular weight excluding hydrogens is 154 g/mol. The second-order valence-corrected chi connectivity index (χ2v) is 6.06. The first-order valence-corrected chi connectivity index (χ1v) is 5.44. The third-order valence-corrected chi connectivity index (χ3v) is 3.31. The van der Waals surface area contributed by atoms with Crippen molar-refractivity contribution < 1.29 is 0 Å². The lowest BCUT2D eigenvalue weighted by Crippen LogP contribution is -2.26. The van der Waals surface area contributed by atoms with Gasteiger partial charge in [-0.3, -0.25) is 0 Å². The average molecular weight is 173 g/mol. The fourth-order valence-electron chi connectivity index (χ4n) is 1.25. The molecule has 0 aromatic heterocycles. The molecule has 0 radical (unpaired) electrons. The van der Waals surface area contributed by atoms with Gasteiger partial charge in [0, 0.05) is 16.5 Å². The maximum atomic E-state index is 3.51. The molecule has 0 bridgehead atoms. The van der Waals surface area contributed by atoms with Crippen LogP contribution in [0.3, 0.4) is 0 Å². The van der Waals surface area contributed by atoms with E-state index in [9.17, 15) is 0 Å². The molecule has 66 valence electrons. The van der Waals surface area contributed by atoms with Gasteiger partial charge in [0.2, 0.25) is 0 Å². The Balaban J connectivity index is 2.11. The Morgan fingerprint density at radius 3 is 2.64 bits per heavy atom. The molecule has 1 aliphatic rings. The molecule has 0 aromatic rings. The first-order valence-electron chi connectivity index (χ1n) is 4.45. The number of rotatable bonds is 2. The van der Waals surface area contributed by atoms with Gasteiger partial charge in [0.05, 0.1) is 0 Å². The summed E-state index contributed by atoms with van der Waals surface area (Å²) >= 11 is 2.07. The first kappa shape index (κ1) is 9.40. The van der Waals surface area contributed by atoms with Crippen LogP contribution in [0.4, 0.5) is 0 Å². The molecular formula is C9H19NS. The summed E-state index contributed by atoms with van der Waals surface area (Å²) in [6.07, 6.45) is 2.75. The van der Waals surface area contributed by atoms with E-state index in [1.807, 2.05) is 0 Å². The fourth-order valence-corrected chi connectivity index (χ4v) is 2.24. The standard InChI is InChI=1S/C9H19NS/c1-9(2,3)11-7-8-5-4-6-10-8/h8,10H,4-7H2,1-3H3/t8-/m0/s1. The summed E-state index contributed by atoms with van der Waals surface area (Å²) in [5.74, 6) is 1.28. The second-order valence-electron chi connectivity index (χ2n) is 4.22. The van der Waals surface area contributed by atoms with E-state index >= 15 is 0 Å². The normalized spacial score (nSPS) is 25.9. The molecule has 1 aliphatic heterocycles. The van der Waals surface area contributed by atoms with E-state index in [0.29, 0.717) is 4.75 Å². The molecule has 1 fully saturated rings. The first-order chi connectivity index (χ1) is 5.08. The highest BCUT2D eigenvalue weighted by molar-refractivity contribution is 8.00. The van der Waals surface area contributed by atoms with Crippen molar-refractivity contribution >= 4 is 11.8 Å². The minimum absolute atomic E-state index is 0.435. The molecule has 0 aromatic carbocycles. The van der Waals surface area contributed by atoms with Crippen LogP contribution in [0.2, 0.25) is 0 Å². The van der Waals surface area contributed by atoms with Crippen molar-refractivity contribution in [1.82, 2.24) is 5.32 Å². The van der Waals surface area contributed by atoms with Crippen molar-refractivity contribution in [2.45, 2.75) is 44.4 Å². The second kappa shape index (κ2) is 3.81. The molecule has 1 N–H and O–H groups in total. The van der Waals surface area contributed by atoms with E-state index in [2.05, 4.69) is 37.8 Å². The Kier molecular flexibility index (Phi) is 3.26. The number of hydrogen-bond acceptors (Lipinski definition) is 2. The zero-order valence-corrected chi connectivity index (χ0v) is 8.63. The Morgan fingerprint density at radius 2 is 2.18 bits per heavy atom. The molecule has 0 amide bonds. The van der Waals surface area contributed by atoms with Crippen LogP contribution in [0.15, 0.2) is 0 Å². The van der Waals surface area contributed by atoms with Crippen LogP contribution in [-0.2, 0) is 0 Å². The van der Waals surface area contributed by atoms with E-state index in [-0.39, 0.29) is 0 Å². The van der Waals surface area contributed by atoms with Crippen LogP contribution in [0, 0.1) is 0 Å². The van der Waals surface area contributed by atoms with Gasteiger partial charge in [-0.2, -0.15) is 11.8 Å². The van der Waals surface area contributed by atoms with Crippen LogP contribution in [-0.4, -0.2) is 23.1 Å². The molecule has 0 spiro atoms. The third kappa shape index (κ3) is 4.02. The predicted molar refractivity (Wildman–Crippen MR) is 53.2 cm³/mol. The lowest BCUT2D eigenvalue weighted by molar-refractivity contribution is 0.668. The summed E-state index contributed by atoms with van der Waals surface area (Å²) < 4.78 is 0.435. The molecule has 1 rings (SSSR count). The minimum atomic E-state index is 0.435. The van der Waals surface area contributed by atoms with E-state index in [1.165, 1.54) is 25.1 Å². The molecule has 11 heavy (non-hydrogen) atoms. The summed E-state index contributed by atoms with van der Waals surface area (Å²) in [4.78, 5) is 0.